The van der Waals surface area contributed by atoms with Crippen LogP contribution >= 0.6 is 0 Å². The molecule has 2 aromatic rings. The van der Waals surface area contributed by atoms with E-state index >= 15 is 0 Å². The van der Waals surface area contributed by atoms with Gasteiger partial charge in [-0.3, -0.25) is 9.69 Å². The monoisotopic (exact) mass is 379 g/mol. The second-order valence-electron chi connectivity index (χ2n) is 7.68. The molecule has 3 amide bonds. The lowest BCUT2D eigenvalue weighted by Gasteiger charge is -2.35. The highest BCUT2D eigenvalue weighted by molar-refractivity contribution is 5.96. The Balaban J connectivity index is 1.62. The van der Waals surface area contributed by atoms with Gasteiger partial charge in [-0.15, -0.1) is 0 Å². The number of nitrogens with one attached hydrogen (secondary N) is 1. The Hall–Kier alpha value is -2.82. The molecule has 2 aromatic carbocycles. The molecule has 0 atom stereocenters. The number of urea groups is 1. The number of carbonyl (C=O) groups excluding carboxylic acids is 2. The van der Waals surface area contributed by atoms with Crippen molar-refractivity contribution in [1.82, 2.24) is 10.2 Å². The summed E-state index contributed by atoms with van der Waals surface area (Å²) in [7, 11) is 0. The van der Waals surface area contributed by atoms with Crippen molar-refractivity contribution >= 4 is 17.6 Å². The molecule has 1 aliphatic heterocycles. The van der Waals surface area contributed by atoms with Gasteiger partial charge in [0.25, 0.3) is 5.91 Å². The van der Waals surface area contributed by atoms with Gasteiger partial charge < -0.3 is 10.2 Å². The third-order valence-electron chi connectivity index (χ3n) is 4.98. The Labute approximate surface area is 167 Å². The molecule has 1 saturated heterocycles. The van der Waals surface area contributed by atoms with Crippen molar-refractivity contribution in [3.05, 3.63) is 65.7 Å². The average Bonchev–Trinajstić information content (AvgIpc) is 2.70. The zero-order valence-electron chi connectivity index (χ0n) is 16.7. The molecule has 0 aromatic heterocycles. The van der Waals surface area contributed by atoms with Crippen LogP contribution in [0.15, 0.2) is 54.6 Å². The molecule has 1 fully saturated rings. The van der Waals surface area contributed by atoms with E-state index in [1.165, 1.54) is 0 Å². The van der Waals surface area contributed by atoms with E-state index in [0.29, 0.717) is 31.1 Å². The molecule has 0 radical (unpaired) electrons. The van der Waals surface area contributed by atoms with Gasteiger partial charge in [-0.05, 0) is 48.6 Å². The number of hydrogen-bond acceptors (Lipinski definition) is 2. The van der Waals surface area contributed by atoms with Crippen LogP contribution in [0.3, 0.4) is 0 Å². The first-order chi connectivity index (χ1) is 13.5. The Morgan fingerprint density at radius 3 is 2.43 bits per heavy atom. The quantitative estimate of drug-likeness (QED) is 0.780. The summed E-state index contributed by atoms with van der Waals surface area (Å²) in [6, 6.07) is 17.4. The average molecular weight is 380 g/mol. The first-order valence-corrected chi connectivity index (χ1v) is 10.0. The summed E-state index contributed by atoms with van der Waals surface area (Å²) in [6.45, 7) is 7.03. The zero-order chi connectivity index (χ0) is 19.9. The number of carbonyl (C=O) groups is 2. The lowest BCUT2D eigenvalue weighted by atomic mass is 10.1. The predicted molar refractivity (Wildman–Crippen MR) is 112 cm³/mol. The summed E-state index contributed by atoms with van der Waals surface area (Å²) in [5, 5.41) is 2.94. The first-order valence-electron chi connectivity index (χ1n) is 10.0. The van der Waals surface area contributed by atoms with Crippen molar-refractivity contribution in [2.75, 3.05) is 24.5 Å². The van der Waals surface area contributed by atoms with Crippen LogP contribution < -0.4 is 10.2 Å². The highest BCUT2D eigenvalue weighted by Gasteiger charge is 2.26. The van der Waals surface area contributed by atoms with Crippen molar-refractivity contribution in [2.24, 2.45) is 5.92 Å². The van der Waals surface area contributed by atoms with Gasteiger partial charge in [0.2, 0.25) is 0 Å². The van der Waals surface area contributed by atoms with Gasteiger partial charge in [0.15, 0.2) is 0 Å². The van der Waals surface area contributed by atoms with Crippen LogP contribution in [0.25, 0.3) is 0 Å². The second-order valence-corrected chi connectivity index (χ2v) is 7.68. The number of amides is 3. The van der Waals surface area contributed by atoms with Crippen molar-refractivity contribution < 1.29 is 9.59 Å². The zero-order valence-corrected chi connectivity index (χ0v) is 16.7. The van der Waals surface area contributed by atoms with E-state index in [4.69, 9.17) is 0 Å². The molecule has 0 saturated carbocycles. The largest absolute Gasteiger partial charge is 0.352 e. The number of anilines is 1. The lowest BCUT2D eigenvalue weighted by molar-refractivity contribution is 0.0952. The summed E-state index contributed by atoms with van der Waals surface area (Å²) >= 11 is 0. The normalized spacial score (nSPS) is 14.5. The van der Waals surface area contributed by atoms with Gasteiger partial charge in [-0.25, -0.2) is 4.79 Å². The van der Waals surface area contributed by atoms with Crippen LogP contribution in [0.2, 0.25) is 0 Å². The van der Waals surface area contributed by atoms with Gasteiger partial charge in [-0.1, -0.05) is 44.2 Å². The summed E-state index contributed by atoms with van der Waals surface area (Å²) in [4.78, 5) is 28.8. The highest BCUT2D eigenvalue weighted by Crippen LogP contribution is 2.22. The summed E-state index contributed by atoms with van der Waals surface area (Å²) in [6.07, 6.45) is 1.89. The fourth-order valence-corrected chi connectivity index (χ4v) is 3.34. The fourth-order valence-electron chi connectivity index (χ4n) is 3.34. The van der Waals surface area contributed by atoms with Gasteiger partial charge in [0.05, 0.1) is 0 Å². The molecule has 5 nitrogen and oxygen atoms in total. The van der Waals surface area contributed by atoms with Gasteiger partial charge in [-0.2, -0.15) is 0 Å². The molecular weight excluding hydrogens is 350 g/mol. The SMILES string of the molecule is CC(C)CCNC(=O)c1ccc(N2CCCN(Cc3ccccc3)C2=O)cc1. The molecule has 0 unspecified atom stereocenters. The van der Waals surface area contributed by atoms with Crippen LogP contribution in [0, 0.1) is 5.92 Å². The maximum Gasteiger partial charge on any atom is 0.324 e. The van der Waals surface area contributed by atoms with Crippen molar-refractivity contribution in [2.45, 2.75) is 33.2 Å². The minimum atomic E-state index is -0.0668. The van der Waals surface area contributed by atoms with E-state index in [9.17, 15) is 9.59 Å². The van der Waals surface area contributed by atoms with Crippen LogP contribution in [0.1, 0.15) is 42.6 Å². The van der Waals surface area contributed by atoms with Gasteiger partial charge >= 0.3 is 6.03 Å². The molecule has 1 N–H and O–H groups in total. The smallest absolute Gasteiger partial charge is 0.324 e. The third-order valence-corrected chi connectivity index (χ3v) is 4.98. The first kappa shape index (κ1) is 19.9. The topological polar surface area (TPSA) is 52.7 Å². The lowest BCUT2D eigenvalue weighted by Crippen LogP contribution is -2.49. The Kier molecular flexibility index (Phi) is 6.69. The summed E-state index contributed by atoms with van der Waals surface area (Å²) in [5.41, 5.74) is 2.59. The van der Waals surface area contributed by atoms with Gasteiger partial charge in [0, 0.05) is 37.4 Å². The van der Waals surface area contributed by atoms with Crippen molar-refractivity contribution in [3.63, 3.8) is 0 Å². The highest BCUT2D eigenvalue weighted by atomic mass is 16.2. The molecule has 0 bridgehead atoms. The minimum absolute atomic E-state index is 0.0178. The molecular formula is C23H29N3O2. The molecule has 28 heavy (non-hydrogen) atoms. The minimum Gasteiger partial charge on any atom is -0.352 e. The number of rotatable bonds is 7. The van der Waals surface area contributed by atoms with E-state index in [-0.39, 0.29) is 11.9 Å². The molecule has 1 aliphatic rings. The summed E-state index contributed by atoms with van der Waals surface area (Å²) in [5.74, 6) is 0.495. The predicted octanol–water partition coefficient (Wildman–Crippen LogP) is 4.29. The standard InChI is InChI=1S/C23H29N3O2/c1-18(2)13-14-24-22(27)20-9-11-21(12-10-20)26-16-6-15-25(23(26)28)17-19-7-4-3-5-8-19/h3-5,7-12,18H,6,13-17H2,1-2H3,(H,24,27). The molecule has 148 valence electrons. The van der Waals surface area contributed by atoms with Crippen molar-refractivity contribution in [3.8, 4) is 0 Å². The van der Waals surface area contributed by atoms with Gasteiger partial charge in [0.1, 0.15) is 0 Å². The molecule has 1 heterocycles. The van der Waals surface area contributed by atoms with E-state index in [0.717, 1.165) is 30.6 Å². The number of nitrogens with zero attached hydrogens (tertiary/aromatic N) is 2. The van der Waals surface area contributed by atoms with Crippen LogP contribution in [0.4, 0.5) is 10.5 Å². The van der Waals surface area contributed by atoms with Crippen molar-refractivity contribution in [1.29, 1.82) is 0 Å². The molecule has 0 aliphatic carbocycles. The number of benzene rings is 2. The molecule has 0 spiro atoms. The Morgan fingerprint density at radius 1 is 1.04 bits per heavy atom. The van der Waals surface area contributed by atoms with E-state index < -0.39 is 0 Å². The maximum atomic E-state index is 12.9. The van der Waals surface area contributed by atoms with E-state index in [2.05, 4.69) is 19.2 Å². The van der Waals surface area contributed by atoms with E-state index in [1.807, 2.05) is 47.4 Å². The maximum absolute atomic E-state index is 12.9. The molecule has 3 rings (SSSR count). The van der Waals surface area contributed by atoms with Crippen LogP contribution in [-0.4, -0.2) is 36.5 Å². The number of hydrogen-bond donors (Lipinski definition) is 1. The Bertz CT molecular complexity index is 787. The Morgan fingerprint density at radius 2 is 1.75 bits per heavy atom. The third kappa shape index (κ3) is 5.12. The summed E-state index contributed by atoms with van der Waals surface area (Å²) < 4.78 is 0. The van der Waals surface area contributed by atoms with Crippen LogP contribution in [-0.2, 0) is 6.54 Å². The fraction of sp³-hybridized carbons (Fsp3) is 0.391. The van der Waals surface area contributed by atoms with Crippen LogP contribution in [0.5, 0.6) is 0 Å². The molecule has 5 heteroatoms. The van der Waals surface area contributed by atoms with E-state index in [1.54, 1.807) is 17.0 Å². The second kappa shape index (κ2) is 9.40.